The second-order valence-electron chi connectivity index (χ2n) is 7.72. The van der Waals surface area contributed by atoms with Gasteiger partial charge < -0.3 is 4.74 Å². The lowest BCUT2D eigenvalue weighted by atomic mass is 10.2. The lowest BCUT2D eigenvalue weighted by Gasteiger charge is -2.07. The molecule has 3 aromatic heterocycles. The Labute approximate surface area is 190 Å². The zero-order chi connectivity index (χ0) is 22.1. The van der Waals surface area contributed by atoms with E-state index in [1.165, 1.54) is 5.56 Å². The molecule has 2 aromatic carbocycles. The van der Waals surface area contributed by atoms with Crippen LogP contribution in [0.25, 0.3) is 16.6 Å². The lowest BCUT2D eigenvalue weighted by Crippen LogP contribution is -2.06. The fourth-order valence-corrected chi connectivity index (χ4v) is 4.68. The summed E-state index contributed by atoms with van der Waals surface area (Å²) in [6, 6.07) is 18.3. The molecule has 7 nitrogen and oxygen atoms in total. The molecule has 0 fully saturated rings. The van der Waals surface area contributed by atoms with E-state index in [-0.39, 0.29) is 0 Å². The highest BCUT2D eigenvalue weighted by Gasteiger charge is 2.14. The van der Waals surface area contributed by atoms with Gasteiger partial charge in [-0.1, -0.05) is 36.0 Å². The van der Waals surface area contributed by atoms with E-state index in [0.717, 1.165) is 57.0 Å². The van der Waals surface area contributed by atoms with Crippen molar-refractivity contribution in [1.82, 2.24) is 29.4 Å². The summed E-state index contributed by atoms with van der Waals surface area (Å²) in [4.78, 5) is 9.76. The number of hydrogen-bond donors (Lipinski definition) is 0. The standard InChI is InChI=1S/C24H24N6OS/c1-16-13-17(2)29(27-16)12-11-22-26-23-20-9-4-5-10-21(20)25-24(30(23)28-22)32-15-18-7-6-8-19(14-18)31-3/h4-10,13-14H,11-12,15H2,1-3H3. The van der Waals surface area contributed by atoms with Crippen LogP contribution in [-0.2, 0) is 18.7 Å². The van der Waals surface area contributed by atoms with Gasteiger partial charge in [0.2, 0.25) is 0 Å². The average Bonchev–Trinajstić information content (AvgIpc) is 3.38. The number of aromatic nitrogens is 6. The first kappa shape index (κ1) is 20.5. The Morgan fingerprint density at radius 3 is 2.66 bits per heavy atom. The number of thioether (sulfide) groups is 1. The fraction of sp³-hybridized carbons (Fsp3) is 0.250. The van der Waals surface area contributed by atoms with Gasteiger partial charge >= 0.3 is 0 Å². The second-order valence-corrected chi connectivity index (χ2v) is 8.66. The minimum absolute atomic E-state index is 0.706. The Balaban J connectivity index is 1.47. The number of para-hydroxylation sites is 1. The molecule has 3 heterocycles. The lowest BCUT2D eigenvalue weighted by molar-refractivity contribution is 0.414. The van der Waals surface area contributed by atoms with E-state index in [1.807, 2.05) is 58.6 Å². The normalized spacial score (nSPS) is 11.5. The molecular weight excluding hydrogens is 420 g/mol. The minimum atomic E-state index is 0.706. The van der Waals surface area contributed by atoms with Crippen molar-refractivity contribution in [3.05, 3.63) is 77.4 Å². The molecule has 0 aliphatic carbocycles. The predicted octanol–water partition coefficient (Wildman–Crippen LogP) is 4.63. The van der Waals surface area contributed by atoms with E-state index in [2.05, 4.69) is 24.2 Å². The Hall–Kier alpha value is -3.39. The molecule has 0 N–H and O–H groups in total. The van der Waals surface area contributed by atoms with Crippen LogP contribution in [0.2, 0.25) is 0 Å². The summed E-state index contributed by atoms with van der Waals surface area (Å²) in [5.74, 6) is 2.41. The van der Waals surface area contributed by atoms with Crippen LogP contribution >= 0.6 is 11.8 Å². The molecular formula is C24H24N6OS. The number of benzene rings is 2. The highest BCUT2D eigenvalue weighted by Crippen LogP contribution is 2.27. The van der Waals surface area contributed by atoms with Gasteiger partial charge in [-0.15, -0.1) is 5.10 Å². The summed E-state index contributed by atoms with van der Waals surface area (Å²) >= 11 is 1.65. The zero-order valence-electron chi connectivity index (χ0n) is 18.3. The maximum Gasteiger partial charge on any atom is 0.191 e. The van der Waals surface area contributed by atoms with Gasteiger partial charge in [-0.05, 0) is 49.7 Å². The van der Waals surface area contributed by atoms with Gasteiger partial charge in [0.15, 0.2) is 16.6 Å². The van der Waals surface area contributed by atoms with Crippen LogP contribution in [0.5, 0.6) is 5.75 Å². The molecule has 0 spiro atoms. The molecule has 8 heteroatoms. The molecule has 5 aromatic rings. The number of hydrogen-bond acceptors (Lipinski definition) is 6. The van der Waals surface area contributed by atoms with Gasteiger partial charge in [-0.25, -0.2) is 9.97 Å². The van der Waals surface area contributed by atoms with Crippen molar-refractivity contribution in [3.8, 4) is 5.75 Å². The number of nitrogens with zero attached hydrogens (tertiary/aromatic N) is 6. The van der Waals surface area contributed by atoms with Gasteiger partial charge in [0.05, 0.1) is 18.3 Å². The molecule has 0 saturated heterocycles. The van der Waals surface area contributed by atoms with Crippen molar-refractivity contribution in [2.24, 2.45) is 0 Å². The van der Waals surface area contributed by atoms with Crippen LogP contribution in [-0.4, -0.2) is 36.5 Å². The fourth-order valence-electron chi connectivity index (χ4n) is 3.79. The Morgan fingerprint density at radius 2 is 1.84 bits per heavy atom. The Bertz CT molecular complexity index is 1410. The van der Waals surface area contributed by atoms with Crippen LogP contribution < -0.4 is 4.74 Å². The number of fused-ring (bicyclic) bond motifs is 3. The molecule has 0 bridgehead atoms. The molecule has 0 saturated carbocycles. The highest BCUT2D eigenvalue weighted by molar-refractivity contribution is 7.98. The summed E-state index contributed by atoms with van der Waals surface area (Å²) in [5, 5.41) is 11.2. The third-order valence-corrected chi connectivity index (χ3v) is 6.35. The van der Waals surface area contributed by atoms with E-state index in [9.17, 15) is 0 Å². The molecule has 32 heavy (non-hydrogen) atoms. The first-order chi connectivity index (χ1) is 15.6. The van der Waals surface area contributed by atoms with E-state index in [0.29, 0.717) is 6.42 Å². The van der Waals surface area contributed by atoms with Crippen molar-refractivity contribution in [2.45, 2.75) is 37.7 Å². The third kappa shape index (κ3) is 4.05. The Kier molecular flexibility index (Phi) is 5.53. The van der Waals surface area contributed by atoms with Crippen molar-refractivity contribution >= 4 is 28.3 Å². The number of methoxy groups -OCH3 is 1. The van der Waals surface area contributed by atoms with Gasteiger partial charge in [-0.2, -0.15) is 9.61 Å². The maximum atomic E-state index is 5.35. The third-order valence-electron chi connectivity index (χ3n) is 5.35. The van der Waals surface area contributed by atoms with E-state index in [1.54, 1.807) is 18.9 Å². The summed E-state index contributed by atoms with van der Waals surface area (Å²) in [7, 11) is 1.68. The van der Waals surface area contributed by atoms with Crippen molar-refractivity contribution in [3.63, 3.8) is 0 Å². The van der Waals surface area contributed by atoms with Crippen molar-refractivity contribution < 1.29 is 4.74 Å². The van der Waals surface area contributed by atoms with E-state index in [4.69, 9.17) is 19.8 Å². The number of rotatable bonds is 7. The summed E-state index contributed by atoms with van der Waals surface area (Å²) in [5.41, 5.74) is 5.10. The molecule has 0 atom stereocenters. The smallest absolute Gasteiger partial charge is 0.191 e. The quantitative estimate of drug-likeness (QED) is 0.269. The van der Waals surface area contributed by atoms with Crippen molar-refractivity contribution in [2.75, 3.05) is 7.11 Å². The first-order valence-corrected chi connectivity index (χ1v) is 11.5. The number of aryl methyl sites for hydroxylation is 4. The van der Waals surface area contributed by atoms with Crippen molar-refractivity contribution in [1.29, 1.82) is 0 Å². The predicted molar refractivity (Wildman–Crippen MR) is 126 cm³/mol. The van der Waals surface area contributed by atoms with E-state index >= 15 is 0 Å². The monoisotopic (exact) mass is 444 g/mol. The average molecular weight is 445 g/mol. The van der Waals surface area contributed by atoms with Crippen LogP contribution in [0.15, 0.2) is 59.8 Å². The summed E-state index contributed by atoms with van der Waals surface area (Å²) in [6.45, 7) is 4.83. The molecule has 5 rings (SSSR count). The van der Waals surface area contributed by atoms with Gasteiger partial charge in [-0.3, -0.25) is 4.68 Å². The molecule has 0 aliphatic heterocycles. The zero-order valence-corrected chi connectivity index (χ0v) is 19.1. The summed E-state index contributed by atoms with van der Waals surface area (Å²) in [6.07, 6.45) is 0.706. The Morgan fingerprint density at radius 1 is 0.969 bits per heavy atom. The minimum Gasteiger partial charge on any atom is -0.497 e. The largest absolute Gasteiger partial charge is 0.497 e. The maximum absolute atomic E-state index is 5.35. The van der Waals surface area contributed by atoms with Crippen LogP contribution in [0.4, 0.5) is 0 Å². The molecule has 0 amide bonds. The topological polar surface area (TPSA) is 70.1 Å². The summed E-state index contributed by atoms with van der Waals surface area (Å²) < 4.78 is 9.24. The SMILES string of the molecule is COc1cccc(CSc2nc3ccccc3c3nc(CCn4nc(C)cc4C)nn23)c1. The highest BCUT2D eigenvalue weighted by atomic mass is 32.2. The molecule has 162 valence electrons. The number of ether oxygens (including phenoxy) is 1. The van der Waals surface area contributed by atoms with Crippen LogP contribution in [0.1, 0.15) is 22.8 Å². The van der Waals surface area contributed by atoms with Crippen LogP contribution in [0.3, 0.4) is 0 Å². The molecule has 0 aliphatic rings. The van der Waals surface area contributed by atoms with Gasteiger partial charge in [0.25, 0.3) is 0 Å². The second kappa shape index (κ2) is 8.63. The van der Waals surface area contributed by atoms with Crippen LogP contribution in [0, 0.1) is 13.8 Å². The van der Waals surface area contributed by atoms with Gasteiger partial charge in [0.1, 0.15) is 5.75 Å². The first-order valence-electron chi connectivity index (χ1n) is 10.5. The van der Waals surface area contributed by atoms with E-state index < -0.39 is 0 Å². The molecule has 0 radical (unpaired) electrons. The van der Waals surface area contributed by atoms with Gasteiger partial charge in [0, 0.05) is 29.8 Å². The molecule has 0 unspecified atom stereocenters.